The zero-order valence-corrected chi connectivity index (χ0v) is 11.4. The standard InChI is InChI=1S/C13H21NO5/c1-3-7-14(8-11(15)19-2)12(16)9-5-4-6-10(9)13(17)18/h9-10H,3-8H2,1-2H3,(H,17,18)/t9-,10+/m1/s1. The van der Waals surface area contributed by atoms with Crippen molar-refractivity contribution >= 4 is 17.8 Å². The Labute approximate surface area is 112 Å². The van der Waals surface area contributed by atoms with Gasteiger partial charge in [0.25, 0.3) is 0 Å². The molecule has 2 atom stereocenters. The first-order chi connectivity index (χ1) is 9.01. The Morgan fingerprint density at radius 2 is 1.89 bits per heavy atom. The third-order valence-corrected chi connectivity index (χ3v) is 3.50. The van der Waals surface area contributed by atoms with E-state index in [0.29, 0.717) is 25.8 Å². The summed E-state index contributed by atoms with van der Waals surface area (Å²) in [4.78, 5) is 36.2. The number of carbonyl (C=O) groups excluding carboxylic acids is 2. The number of hydrogen-bond donors (Lipinski definition) is 1. The molecule has 19 heavy (non-hydrogen) atoms. The van der Waals surface area contributed by atoms with E-state index in [1.807, 2.05) is 6.92 Å². The highest BCUT2D eigenvalue weighted by molar-refractivity contribution is 5.87. The lowest BCUT2D eigenvalue weighted by Crippen LogP contribution is -2.42. The van der Waals surface area contributed by atoms with Crippen LogP contribution < -0.4 is 0 Å². The van der Waals surface area contributed by atoms with Crippen LogP contribution in [0.15, 0.2) is 0 Å². The first-order valence-corrected chi connectivity index (χ1v) is 6.59. The number of carboxylic acids is 1. The van der Waals surface area contributed by atoms with Crippen molar-refractivity contribution in [2.45, 2.75) is 32.6 Å². The van der Waals surface area contributed by atoms with Crippen molar-refractivity contribution < 1.29 is 24.2 Å². The fourth-order valence-corrected chi connectivity index (χ4v) is 2.54. The molecule has 6 nitrogen and oxygen atoms in total. The van der Waals surface area contributed by atoms with Crippen LogP contribution in [0.1, 0.15) is 32.6 Å². The fraction of sp³-hybridized carbons (Fsp3) is 0.769. The predicted molar refractivity (Wildman–Crippen MR) is 67.4 cm³/mol. The van der Waals surface area contributed by atoms with Crippen LogP contribution in [0, 0.1) is 11.8 Å². The highest BCUT2D eigenvalue weighted by atomic mass is 16.5. The monoisotopic (exact) mass is 271 g/mol. The van der Waals surface area contributed by atoms with E-state index in [9.17, 15) is 14.4 Å². The van der Waals surface area contributed by atoms with Crippen molar-refractivity contribution in [3.05, 3.63) is 0 Å². The molecule has 0 bridgehead atoms. The largest absolute Gasteiger partial charge is 0.481 e. The summed E-state index contributed by atoms with van der Waals surface area (Å²) < 4.78 is 4.56. The molecular formula is C13H21NO5. The first-order valence-electron chi connectivity index (χ1n) is 6.59. The van der Waals surface area contributed by atoms with Gasteiger partial charge in [0.2, 0.25) is 5.91 Å². The van der Waals surface area contributed by atoms with Crippen LogP contribution in [-0.4, -0.2) is 48.1 Å². The van der Waals surface area contributed by atoms with Crippen molar-refractivity contribution in [1.82, 2.24) is 4.90 Å². The molecule has 6 heteroatoms. The third kappa shape index (κ3) is 3.94. The molecule has 0 aliphatic heterocycles. The topological polar surface area (TPSA) is 83.9 Å². The molecule has 1 amide bonds. The molecule has 108 valence electrons. The van der Waals surface area contributed by atoms with Gasteiger partial charge in [-0.05, 0) is 19.3 Å². The molecule has 1 aliphatic carbocycles. The van der Waals surface area contributed by atoms with Crippen LogP contribution in [0.25, 0.3) is 0 Å². The molecule has 0 unspecified atom stereocenters. The number of carboxylic acid groups (broad SMARTS) is 1. The van der Waals surface area contributed by atoms with Gasteiger partial charge in [0.05, 0.1) is 18.9 Å². The van der Waals surface area contributed by atoms with E-state index in [4.69, 9.17) is 5.11 Å². The summed E-state index contributed by atoms with van der Waals surface area (Å²) in [6.07, 6.45) is 2.57. The molecule has 1 saturated carbocycles. The highest BCUT2D eigenvalue weighted by Crippen LogP contribution is 2.33. The van der Waals surface area contributed by atoms with Crippen molar-refractivity contribution in [3.63, 3.8) is 0 Å². The quantitative estimate of drug-likeness (QED) is 0.726. The molecule has 0 aromatic carbocycles. The summed E-state index contributed by atoms with van der Waals surface area (Å²) in [6, 6.07) is 0. The van der Waals surface area contributed by atoms with Crippen molar-refractivity contribution in [1.29, 1.82) is 0 Å². The molecule has 1 rings (SSSR count). The number of rotatable bonds is 6. The lowest BCUT2D eigenvalue weighted by Gasteiger charge is -2.25. The maximum atomic E-state index is 12.4. The Morgan fingerprint density at radius 3 is 2.42 bits per heavy atom. The molecule has 0 saturated heterocycles. The smallest absolute Gasteiger partial charge is 0.325 e. The molecule has 0 spiro atoms. The molecule has 0 aromatic rings. The number of amides is 1. The van der Waals surface area contributed by atoms with E-state index >= 15 is 0 Å². The van der Waals surface area contributed by atoms with Gasteiger partial charge in [-0.15, -0.1) is 0 Å². The number of hydrogen-bond acceptors (Lipinski definition) is 4. The van der Waals surface area contributed by atoms with Crippen molar-refractivity contribution in [2.75, 3.05) is 20.2 Å². The van der Waals surface area contributed by atoms with Crippen LogP contribution in [0.4, 0.5) is 0 Å². The van der Waals surface area contributed by atoms with E-state index in [1.54, 1.807) is 0 Å². The summed E-state index contributed by atoms with van der Waals surface area (Å²) in [5.74, 6) is -2.77. The van der Waals surface area contributed by atoms with Crippen LogP contribution in [-0.2, 0) is 19.1 Å². The van der Waals surface area contributed by atoms with Crippen LogP contribution in [0.2, 0.25) is 0 Å². The Balaban J connectivity index is 2.75. The molecule has 1 N–H and O–H groups in total. The van der Waals surface area contributed by atoms with Gasteiger partial charge in [-0.3, -0.25) is 14.4 Å². The van der Waals surface area contributed by atoms with E-state index in [2.05, 4.69) is 4.74 Å². The van der Waals surface area contributed by atoms with Gasteiger partial charge in [-0.2, -0.15) is 0 Å². The maximum Gasteiger partial charge on any atom is 0.325 e. The van der Waals surface area contributed by atoms with Crippen LogP contribution >= 0.6 is 0 Å². The Morgan fingerprint density at radius 1 is 1.26 bits per heavy atom. The fourth-order valence-electron chi connectivity index (χ4n) is 2.54. The second kappa shape index (κ2) is 7.11. The first kappa shape index (κ1) is 15.5. The maximum absolute atomic E-state index is 12.4. The van der Waals surface area contributed by atoms with Gasteiger partial charge in [0.1, 0.15) is 6.54 Å². The SMILES string of the molecule is CCCN(CC(=O)OC)C(=O)[C@@H]1CCC[C@@H]1C(=O)O. The van der Waals surface area contributed by atoms with E-state index in [0.717, 1.165) is 6.42 Å². The zero-order chi connectivity index (χ0) is 14.4. The second-order valence-electron chi connectivity index (χ2n) is 4.82. The summed E-state index contributed by atoms with van der Waals surface area (Å²) in [5, 5.41) is 9.11. The third-order valence-electron chi connectivity index (χ3n) is 3.50. The van der Waals surface area contributed by atoms with Crippen molar-refractivity contribution in [3.8, 4) is 0 Å². The molecule has 0 aromatic heterocycles. The van der Waals surface area contributed by atoms with Crippen LogP contribution in [0.5, 0.6) is 0 Å². The number of ether oxygens (including phenoxy) is 1. The van der Waals surface area contributed by atoms with Gasteiger partial charge >= 0.3 is 11.9 Å². The van der Waals surface area contributed by atoms with E-state index < -0.39 is 23.8 Å². The number of nitrogens with zero attached hydrogens (tertiary/aromatic N) is 1. The zero-order valence-electron chi connectivity index (χ0n) is 11.4. The molecular weight excluding hydrogens is 250 g/mol. The number of aliphatic carboxylic acids is 1. The molecule has 0 heterocycles. The molecule has 1 aliphatic rings. The highest BCUT2D eigenvalue weighted by Gasteiger charge is 2.39. The average molecular weight is 271 g/mol. The molecule has 0 radical (unpaired) electrons. The lowest BCUT2D eigenvalue weighted by atomic mass is 9.94. The Bertz CT molecular complexity index is 355. The van der Waals surface area contributed by atoms with Gasteiger partial charge in [-0.1, -0.05) is 13.3 Å². The van der Waals surface area contributed by atoms with Gasteiger partial charge < -0.3 is 14.7 Å². The van der Waals surface area contributed by atoms with Gasteiger partial charge in [0.15, 0.2) is 0 Å². The average Bonchev–Trinajstić information content (AvgIpc) is 2.86. The minimum Gasteiger partial charge on any atom is -0.481 e. The summed E-state index contributed by atoms with van der Waals surface area (Å²) in [6.45, 7) is 2.24. The number of carbonyl (C=O) groups is 3. The van der Waals surface area contributed by atoms with Gasteiger partial charge in [-0.25, -0.2) is 0 Å². The lowest BCUT2D eigenvalue weighted by molar-refractivity contribution is -0.152. The van der Waals surface area contributed by atoms with E-state index in [-0.39, 0.29) is 12.5 Å². The minimum atomic E-state index is -0.926. The van der Waals surface area contributed by atoms with Crippen molar-refractivity contribution in [2.24, 2.45) is 11.8 Å². The summed E-state index contributed by atoms with van der Waals surface area (Å²) in [7, 11) is 1.27. The van der Waals surface area contributed by atoms with E-state index in [1.165, 1.54) is 12.0 Å². The number of methoxy groups -OCH3 is 1. The Hall–Kier alpha value is -1.59. The van der Waals surface area contributed by atoms with Gasteiger partial charge in [0, 0.05) is 6.54 Å². The predicted octanol–water partition coefficient (Wildman–Crippen LogP) is 0.899. The Kier molecular flexibility index (Phi) is 5.79. The minimum absolute atomic E-state index is 0.105. The normalized spacial score (nSPS) is 22.0. The second-order valence-corrected chi connectivity index (χ2v) is 4.82. The summed E-state index contributed by atoms with van der Waals surface area (Å²) in [5.41, 5.74) is 0. The molecule has 1 fully saturated rings. The van der Waals surface area contributed by atoms with Crippen LogP contribution in [0.3, 0.4) is 0 Å². The number of esters is 1. The summed E-state index contributed by atoms with van der Waals surface area (Å²) >= 11 is 0.